The fraction of sp³-hybridized carbons (Fsp3) is 0.333. The van der Waals surface area contributed by atoms with Crippen molar-refractivity contribution in [1.82, 2.24) is 14.9 Å². The van der Waals surface area contributed by atoms with Gasteiger partial charge in [0, 0.05) is 0 Å². The van der Waals surface area contributed by atoms with Gasteiger partial charge in [-0.3, -0.25) is 0 Å². The van der Waals surface area contributed by atoms with Crippen LogP contribution in [-0.2, 0) is 13.6 Å². The molecule has 1 heterocycles. The number of nitrogens with one attached hydrogen (secondary N) is 1. The van der Waals surface area contributed by atoms with Gasteiger partial charge in [-0.2, -0.15) is 0 Å². The minimum Gasteiger partial charge on any atom is -0.465 e. The van der Waals surface area contributed by atoms with Crippen LogP contribution >= 0.6 is 0 Å². The monoisotopic (exact) mass is 200 g/mol. The zero-order valence-electron chi connectivity index (χ0n) is 7.30. The van der Waals surface area contributed by atoms with Crippen LogP contribution in [-0.4, -0.2) is 25.7 Å². The maximum Gasteiger partial charge on any atom is 0.434 e. The first kappa shape index (κ1) is 9.96. The lowest BCUT2D eigenvalue weighted by Crippen LogP contribution is -2.21. The van der Waals surface area contributed by atoms with Crippen LogP contribution in [0.15, 0.2) is 6.20 Å². The van der Waals surface area contributed by atoms with Gasteiger partial charge in [-0.15, -0.1) is 0 Å². The number of nitro groups is 1. The standard InChI is InChI=1S/C6H8N4O4/c1-9-4(3-8-6(11)12)2-7-5(9)10(13)14/h2,8H,3H2,1H3,(H,11,12). The Morgan fingerprint density at radius 3 is 2.93 bits per heavy atom. The molecule has 2 N–H and O–H groups in total. The highest BCUT2D eigenvalue weighted by Gasteiger charge is 2.16. The molecule has 14 heavy (non-hydrogen) atoms. The van der Waals surface area contributed by atoms with E-state index in [1.54, 1.807) is 0 Å². The largest absolute Gasteiger partial charge is 0.465 e. The number of aromatic nitrogens is 2. The van der Waals surface area contributed by atoms with Gasteiger partial charge in [0.2, 0.25) is 0 Å². The van der Waals surface area contributed by atoms with E-state index in [0.29, 0.717) is 5.69 Å². The average Bonchev–Trinajstić information content (AvgIpc) is 2.43. The molecule has 0 fully saturated rings. The van der Waals surface area contributed by atoms with E-state index in [2.05, 4.69) is 10.3 Å². The number of amides is 1. The van der Waals surface area contributed by atoms with Crippen molar-refractivity contribution in [2.45, 2.75) is 6.54 Å². The molecule has 0 saturated carbocycles. The van der Waals surface area contributed by atoms with E-state index in [0.717, 1.165) is 0 Å². The molecule has 0 spiro atoms. The Hall–Kier alpha value is -2.12. The summed E-state index contributed by atoms with van der Waals surface area (Å²) in [5, 5.41) is 20.8. The molecule has 1 rings (SSSR count). The quantitative estimate of drug-likeness (QED) is 0.530. The summed E-state index contributed by atoms with van der Waals surface area (Å²) in [6.07, 6.45) is 0.0718. The van der Waals surface area contributed by atoms with Crippen molar-refractivity contribution < 1.29 is 14.8 Å². The van der Waals surface area contributed by atoms with Crippen molar-refractivity contribution in [3.63, 3.8) is 0 Å². The fourth-order valence-electron chi connectivity index (χ4n) is 0.934. The minimum atomic E-state index is -1.19. The van der Waals surface area contributed by atoms with Crippen LogP contribution in [0.1, 0.15) is 5.69 Å². The van der Waals surface area contributed by atoms with Crippen molar-refractivity contribution in [3.8, 4) is 0 Å². The third-order valence-corrected chi connectivity index (χ3v) is 1.64. The van der Waals surface area contributed by atoms with Gasteiger partial charge in [0.1, 0.15) is 11.9 Å². The second-order valence-corrected chi connectivity index (χ2v) is 2.52. The van der Waals surface area contributed by atoms with Gasteiger partial charge in [-0.1, -0.05) is 4.98 Å². The summed E-state index contributed by atoms with van der Waals surface area (Å²) < 4.78 is 1.22. The molecule has 0 aromatic carbocycles. The van der Waals surface area contributed by atoms with Crippen LogP contribution in [0.25, 0.3) is 0 Å². The van der Waals surface area contributed by atoms with Gasteiger partial charge in [0.05, 0.1) is 13.6 Å². The maximum absolute atomic E-state index is 10.4. The van der Waals surface area contributed by atoms with E-state index in [9.17, 15) is 14.9 Å². The molecule has 0 bridgehead atoms. The molecular weight excluding hydrogens is 192 g/mol. The summed E-state index contributed by atoms with van der Waals surface area (Å²) in [5.41, 5.74) is 0.430. The van der Waals surface area contributed by atoms with Gasteiger partial charge in [0.25, 0.3) is 0 Å². The molecule has 8 heteroatoms. The topological polar surface area (TPSA) is 110 Å². The SMILES string of the molecule is Cn1c(CNC(=O)O)cnc1[N+](=O)[O-]. The molecule has 76 valence electrons. The summed E-state index contributed by atoms with van der Waals surface area (Å²) in [6, 6.07) is 0. The van der Waals surface area contributed by atoms with Crippen LogP contribution in [0.4, 0.5) is 10.7 Å². The molecule has 1 amide bonds. The summed E-state index contributed by atoms with van der Waals surface area (Å²) in [7, 11) is 1.45. The number of rotatable bonds is 3. The van der Waals surface area contributed by atoms with Gasteiger partial charge < -0.3 is 20.5 Å². The van der Waals surface area contributed by atoms with Crippen LogP contribution in [0.3, 0.4) is 0 Å². The minimum absolute atomic E-state index is 0.00727. The Kier molecular flexibility index (Phi) is 2.65. The zero-order valence-corrected chi connectivity index (χ0v) is 7.30. The Bertz CT molecular complexity index is 372. The number of carbonyl (C=O) groups is 1. The van der Waals surface area contributed by atoms with E-state index < -0.39 is 11.0 Å². The number of imidazole rings is 1. The molecular formula is C6H8N4O4. The van der Waals surface area contributed by atoms with Crippen molar-refractivity contribution in [2.75, 3.05) is 0 Å². The predicted molar refractivity (Wildman–Crippen MR) is 44.7 cm³/mol. The second kappa shape index (κ2) is 3.73. The number of nitrogens with zero attached hydrogens (tertiary/aromatic N) is 3. The summed E-state index contributed by atoms with van der Waals surface area (Å²) >= 11 is 0. The lowest BCUT2D eigenvalue weighted by molar-refractivity contribution is -0.396. The van der Waals surface area contributed by atoms with E-state index in [-0.39, 0.29) is 12.5 Å². The lowest BCUT2D eigenvalue weighted by Gasteiger charge is -1.99. The molecule has 0 aliphatic rings. The van der Waals surface area contributed by atoms with E-state index in [4.69, 9.17) is 5.11 Å². The van der Waals surface area contributed by atoms with E-state index in [1.807, 2.05) is 0 Å². The van der Waals surface area contributed by atoms with E-state index in [1.165, 1.54) is 17.8 Å². The Morgan fingerprint density at radius 1 is 1.86 bits per heavy atom. The first-order valence-electron chi connectivity index (χ1n) is 3.64. The fourth-order valence-corrected chi connectivity index (χ4v) is 0.934. The molecule has 0 radical (unpaired) electrons. The first-order valence-corrected chi connectivity index (χ1v) is 3.64. The van der Waals surface area contributed by atoms with Crippen LogP contribution in [0, 0.1) is 10.1 Å². The van der Waals surface area contributed by atoms with Crippen molar-refractivity contribution in [3.05, 3.63) is 22.0 Å². The highest BCUT2D eigenvalue weighted by Crippen LogP contribution is 2.09. The van der Waals surface area contributed by atoms with Gasteiger partial charge >= 0.3 is 12.0 Å². The molecule has 1 aromatic heterocycles. The zero-order chi connectivity index (χ0) is 10.7. The van der Waals surface area contributed by atoms with Crippen LogP contribution in [0.5, 0.6) is 0 Å². The highest BCUT2D eigenvalue weighted by molar-refractivity contribution is 5.64. The summed E-state index contributed by atoms with van der Waals surface area (Å²) in [5.74, 6) is -0.313. The maximum atomic E-state index is 10.4. The van der Waals surface area contributed by atoms with Crippen molar-refractivity contribution >= 4 is 12.0 Å². The molecule has 8 nitrogen and oxygen atoms in total. The molecule has 0 unspecified atom stereocenters. The first-order chi connectivity index (χ1) is 6.52. The Labute approximate surface area is 78.3 Å². The number of hydrogen-bond donors (Lipinski definition) is 2. The van der Waals surface area contributed by atoms with Crippen LogP contribution in [0.2, 0.25) is 0 Å². The summed E-state index contributed by atoms with van der Waals surface area (Å²) in [6.45, 7) is -0.00727. The lowest BCUT2D eigenvalue weighted by atomic mass is 10.5. The Balaban J connectivity index is 2.79. The highest BCUT2D eigenvalue weighted by atomic mass is 16.6. The Morgan fingerprint density at radius 2 is 2.50 bits per heavy atom. The summed E-state index contributed by atoms with van der Waals surface area (Å²) in [4.78, 5) is 23.4. The second-order valence-electron chi connectivity index (χ2n) is 2.52. The third-order valence-electron chi connectivity index (χ3n) is 1.64. The normalized spacial score (nSPS) is 9.79. The molecule has 1 aromatic rings. The molecule has 0 aliphatic carbocycles. The molecule has 0 atom stereocenters. The van der Waals surface area contributed by atoms with Crippen LogP contribution < -0.4 is 5.32 Å². The predicted octanol–water partition coefficient (Wildman–Crippen LogP) is 0.0959. The van der Waals surface area contributed by atoms with E-state index >= 15 is 0 Å². The molecule has 0 aliphatic heterocycles. The molecule has 0 saturated heterocycles. The van der Waals surface area contributed by atoms with Gasteiger partial charge in [0.15, 0.2) is 0 Å². The smallest absolute Gasteiger partial charge is 0.434 e. The number of hydrogen-bond acceptors (Lipinski definition) is 4. The van der Waals surface area contributed by atoms with Gasteiger partial charge in [-0.25, -0.2) is 9.36 Å². The third kappa shape index (κ3) is 1.97. The van der Waals surface area contributed by atoms with Gasteiger partial charge in [-0.05, 0) is 4.92 Å². The van der Waals surface area contributed by atoms with Crippen molar-refractivity contribution in [1.29, 1.82) is 0 Å². The van der Waals surface area contributed by atoms with Crippen molar-refractivity contribution in [2.24, 2.45) is 7.05 Å². The average molecular weight is 200 g/mol. The number of carboxylic acid groups (broad SMARTS) is 1.